The van der Waals surface area contributed by atoms with Gasteiger partial charge in [-0.1, -0.05) is 18.2 Å². The summed E-state index contributed by atoms with van der Waals surface area (Å²) in [5, 5.41) is 11.7. The first kappa shape index (κ1) is 9.93. The average molecular weight is 216 g/mol. The van der Waals surface area contributed by atoms with Crippen molar-refractivity contribution < 1.29 is 0 Å². The van der Waals surface area contributed by atoms with Gasteiger partial charge in [-0.2, -0.15) is 0 Å². The highest BCUT2D eigenvalue weighted by molar-refractivity contribution is 7.16. The monoisotopic (exact) mass is 216 g/mol. The molecule has 2 N–H and O–H groups in total. The molecule has 76 valence electrons. The Morgan fingerprint density at radius 1 is 1.27 bits per heavy atom. The lowest BCUT2D eigenvalue weighted by Crippen LogP contribution is -1.89. The van der Waals surface area contributed by atoms with Crippen LogP contribution in [0.15, 0.2) is 36.4 Å². The number of rotatable bonds is 3. The molecule has 0 radical (unpaired) electrons. The standard InChI is InChI=1S/C12H12N2S/c1-9-7-10(8-13)12(15-9)14-11-5-3-2-4-6-11/h2-8,13-14H,1H3. The first-order chi connectivity index (χ1) is 7.29. The van der Waals surface area contributed by atoms with Crippen LogP contribution >= 0.6 is 11.3 Å². The molecular formula is C12H12N2S. The maximum atomic E-state index is 7.31. The van der Waals surface area contributed by atoms with Crippen LogP contribution in [-0.4, -0.2) is 6.21 Å². The lowest BCUT2D eigenvalue weighted by atomic mass is 10.3. The molecule has 0 fully saturated rings. The van der Waals surface area contributed by atoms with Crippen molar-refractivity contribution >= 4 is 28.2 Å². The van der Waals surface area contributed by atoms with E-state index < -0.39 is 0 Å². The third-order valence-electron chi connectivity index (χ3n) is 2.07. The fourth-order valence-electron chi connectivity index (χ4n) is 1.39. The van der Waals surface area contributed by atoms with Crippen molar-refractivity contribution in [2.45, 2.75) is 6.92 Å². The fraction of sp³-hybridized carbons (Fsp3) is 0.0833. The second kappa shape index (κ2) is 4.28. The molecule has 0 aliphatic rings. The first-order valence-electron chi connectivity index (χ1n) is 4.72. The number of benzene rings is 1. The number of thiophene rings is 1. The van der Waals surface area contributed by atoms with E-state index >= 15 is 0 Å². The van der Waals surface area contributed by atoms with Crippen LogP contribution in [0.4, 0.5) is 10.7 Å². The van der Waals surface area contributed by atoms with Gasteiger partial charge in [0.1, 0.15) is 5.00 Å². The normalized spacial score (nSPS) is 9.93. The second-order valence-corrected chi connectivity index (χ2v) is 4.53. The summed E-state index contributed by atoms with van der Waals surface area (Å²) in [6, 6.07) is 12.0. The molecule has 0 bridgehead atoms. The Morgan fingerprint density at radius 3 is 2.67 bits per heavy atom. The Labute approximate surface area is 93.1 Å². The third-order valence-corrected chi connectivity index (χ3v) is 3.05. The van der Waals surface area contributed by atoms with Crippen LogP contribution in [0.3, 0.4) is 0 Å². The Morgan fingerprint density at radius 2 is 2.00 bits per heavy atom. The van der Waals surface area contributed by atoms with Gasteiger partial charge in [-0.25, -0.2) is 0 Å². The van der Waals surface area contributed by atoms with Crippen LogP contribution in [0.25, 0.3) is 0 Å². The minimum absolute atomic E-state index is 0.946. The molecule has 2 aromatic rings. The quantitative estimate of drug-likeness (QED) is 0.752. The van der Waals surface area contributed by atoms with E-state index in [0.717, 1.165) is 16.3 Å². The second-order valence-electron chi connectivity index (χ2n) is 3.28. The summed E-state index contributed by atoms with van der Waals surface area (Å²) in [6.45, 7) is 2.05. The highest BCUT2D eigenvalue weighted by atomic mass is 32.1. The van der Waals surface area contributed by atoms with E-state index in [1.165, 1.54) is 11.1 Å². The van der Waals surface area contributed by atoms with E-state index in [9.17, 15) is 0 Å². The van der Waals surface area contributed by atoms with Crippen LogP contribution in [0, 0.1) is 12.3 Å². The summed E-state index contributed by atoms with van der Waals surface area (Å²) in [5.74, 6) is 0. The van der Waals surface area contributed by atoms with Gasteiger partial charge in [0, 0.05) is 22.3 Å². The predicted octanol–water partition coefficient (Wildman–Crippen LogP) is 3.80. The smallest absolute Gasteiger partial charge is 0.102 e. The molecule has 3 heteroatoms. The summed E-state index contributed by atoms with van der Waals surface area (Å²) in [5.41, 5.74) is 2.00. The number of aryl methyl sites for hydroxylation is 1. The van der Waals surface area contributed by atoms with Crippen LogP contribution < -0.4 is 5.32 Å². The molecule has 0 saturated carbocycles. The molecule has 2 rings (SSSR count). The molecule has 2 nitrogen and oxygen atoms in total. The molecule has 1 heterocycles. The number of anilines is 2. The van der Waals surface area contributed by atoms with Crippen molar-refractivity contribution in [2.24, 2.45) is 0 Å². The SMILES string of the molecule is Cc1cc(C=N)c(Nc2ccccc2)s1. The molecule has 15 heavy (non-hydrogen) atoms. The Kier molecular flexibility index (Phi) is 2.83. The first-order valence-corrected chi connectivity index (χ1v) is 5.54. The van der Waals surface area contributed by atoms with Crippen LogP contribution in [0.5, 0.6) is 0 Å². The fourth-order valence-corrected chi connectivity index (χ4v) is 2.30. The Bertz CT molecular complexity index is 460. The maximum absolute atomic E-state index is 7.31. The number of nitrogens with one attached hydrogen (secondary N) is 2. The van der Waals surface area contributed by atoms with Crippen LogP contribution in [0.1, 0.15) is 10.4 Å². The molecular weight excluding hydrogens is 204 g/mol. The molecule has 1 aromatic heterocycles. The molecule has 1 aromatic carbocycles. The lowest BCUT2D eigenvalue weighted by Gasteiger charge is -2.03. The Balaban J connectivity index is 2.28. The van der Waals surface area contributed by atoms with E-state index in [-0.39, 0.29) is 0 Å². The predicted molar refractivity (Wildman–Crippen MR) is 66.7 cm³/mol. The number of hydrogen-bond acceptors (Lipinski definition) is 3. The molecule has 0 aliphatic heterocycles. The van der Waals surface area contributed by atoms with Gasteiger partial charge < -0.3 is 10.7 Å². The van der Waals surface area contributed by atoms with Crippen molar-refractivity contribution in [3.63, 3.8) is 0 Å². The van der Waals surface area contributed by atoms with Gasteiger partial charge in [0.05, 0.1) is 0 Å². The summed E-state index contributed by atoms with van der Waals surface area (Å²) in [6.07, 6.45) is 1.38. The molecule has 0 unspecified atom stereocenters. The largest absolute Gasteiger partial charge is 0.347 e. The van der Waals surface area contributed by atoms with E-state index in [0.29, 0.717) is 0 Å². The van der Waals surface area contributed by atoms with Crippen molar-refractivity contribution in [3.8, 4) is 0 Å². The molecule has 0 amide bonds. The van der Waals surface area contributed by atoms with E-state index in [1.807, 2.05) is 43.3 Å². The summed E-state index contributed by atoms with van der Waals surface area (Å²) >= 11 is 1.67. The van der Waals surface area contributed by atoms with Gasteiger partial charge in [0.15, 0.2) is 0 Å². The van der Waals surface area contributed by atoms with Gasteiger partial charge in [0.25, 0.3) is 0 Å². The zero-order valence-corrected chi connectivity index (χ0v) is 9.27. The third kappa shape index (κ3) is 2.25. The number of para-hydroxylation sites is 1. The highest BCUT2D eigenvalue weighted by Gasteiger charge is 2.04. The minimum atomic E-state index is 0.946. The molecule has 0 spiro atoms. The molecule has 0 saturated heterocycles. The summed E-state index contributed by atoms with van der Waals surface area (Å²) in [4.78, 5) is 1.21. The van der Waals surface area contributed by atoms with Gasteiger partial charge in [0.2, 0.25) is 0 Å². The maximum Gasteiger partial charge on any atom is 0.102 e. The van der Waals surface area contributed by atoms with Gasteiger partial charge >= 0.3 is 0 Å². The van der Waals surface area contributed by atoms with Gasteiger partial charge in [-0.05, 0) is 25.1 Å². The molecule has 0 atom stereocenters. The lowest BCUT2D eigenvalue weighted by molar-refractivity contribution is 1.53. The zero-order valence-electron chi connectivity index (χ0n) is 8.45. The van der Waals surface area contributed by atoms with E-state index in [2.05, 4.69) is 5.32 Å². The van der Waals surface area contributed by atoms with E-state index in [1.54, 1.807) is 11.3 Å². The van der Waals surface area contributed by atoms with Crippen LogP contribution in [-0.2, 0) is 0 Å². The zero-order chi connectivity index (χ0) is 10.7. The highest BCUT2D eigenvalue weighted by Crippen LogP contribution is 2.28. The van der Waals surface area contributed by atoms with Crippen LogP contribution in [0.2, 0.25) is 0 Å². The Hall–Kier alpha value is -1.61. The molecule has 0 aliphatic carbocycles. The van der Waals surface area contributed by atoms with Crippen molar-refractivity contribution in [2.75, 3.05) is 5.32 Å². The average Bonchev–Trinajstić information content (AvgIpc) is 2.60. The van der Waals surface area contributed by atoms with Crippen molar-refractivity contribution in [1.29, 1.82) is 5.41 Å². The summed E-state index contributed by atoms with van der Waals surface area (Å²) < 4.78 is 0. The number of hydrogen-bond donors (Lipinski definition) is 2. The van der Waals surface area contributed by atoms with Crippen molar-refractivity contribution in [1.82, 2.24) is 0 Å². The minimum Gasteiger partial charge on any atom is -0.347 e. The van der Waals surface area contributed by atoms with Gasteiger partial charge in [-0.15, -0.1) is 11.3 Å². The van der Waals surface area contributed by atoms with E-state index in [4.69, 9.17) is 5.41 Å². The topological polar surface area (TPSA) is 35.9 Å². The van der Waals surface area contributed by atoms with Crippen molar-refractivity contribution in [3.05, 3.63) is 46.8 Å². The summed E-state index contributed by atoms with van der Waals surface area (Å²) in [7, 11) is 0. The van der Waals surface area contributed by atoms with Gasteiger partial charge in [-0.3, -0.25) is 0 Å².